The van der Waals surface area contributed by atoms with Gasteiger partial charge in [0.15, 0.2) is 0 Å². The molecule has 5 nitrogen and oxygen atoms in total. The second kappa shape index (κ2) is 7.27. The van der Waals surface area contributed by atoms with Gasteiger partial charge in [-0.25, -0.2) is 14.2 Å². The van der Waals surface area contributed by atoms with Gasteiger partial charge in [0, 0.05) is 5.39 Å². The van der Waals surface area contributed by atoms with Crippen LogP contribution in [0.3, 0.4) is 0 Å². The van der Waals surface area contributed by atoms with Gasteiger partial charge in [0.1, 0.15) is 5.60 Å². The van der Waals surface area contributed by atoms with Crippen molar-refractivity contribution in [3.05, 3.63) is 60.2 Å². The summed E-state index contributed by atoms with van der Waals surface area (Å²) in [4.78, 5) is 24.7. The van der Waals surface area contributed by atoms with E-state index in [0.29, 0.717) is 17.9 Å². The van der Waals surface area contributed by atoms with Crippen molar-refractivity contribution < 1.29 is 19.1 Å². The Morgan fingerprint density at radius 3 is 2.30 bits per heavy atom. The third kappa shape index (κ3) is 4.03. The Bertz CT molecular complexity index is 978. The Balaban J connectivity index is 2.07. The van der Waals surface area contributed by atoms with Crippen molar-refractivity contribution in [2.45, 2.75) is 33.3 Å². The smallest absolute Gasteiger partial charge is 0.419 e. The average Bonchev–Trinajstić information content (AvgIpc) is 3.00. The lowest BCUT2D eigenvalue weighted by atomic mass is 10.1. The molecule has 1 heterocycles. The van der Waals surface area contributed by atoms with Gasteiger partial charge in [-0.15, -0.1) is 0 Å². The van der Waals surface area contributed by atoms with E-state index in [-0.39, 0.29) is 5.97 Å². The first-order valence-corrected chi connectivity index (χ1v) is 8.91. The Kier molecular flexibility index (Phi) is 5.04. The fraction of sp³-hybridized carbons (Fsp3) is 0.273. The topological polar surface area (TPSA) is 57.5 Å². The number of fused-ring (bicyclic) bond motifs is 1. The van der Waals surface area contributed by atoms with E-state index in [9.17, 15) is 9.59 Å². The molecule has 0 saturated heterocycles. The molecule has 0 aliphatic rings. The van der Waals surface area contributed by atoms with Crippen LogP contribution in [-0.2, 0) is 9.47 Å². The summed E-state index contributed by atoms with van der Waals surface area (Å²) in [6.07, 6.45) is -0.437. The van der Waals surface area contributed by atoms with E-state index in [0.717, 1.165) is 16.5 Å². The number of esters is 1. The summed E-state index contributed by atoms with van der Waals surface area (Å²) < 4.78 is 12.2. The van der Waals surface area contributed by atoms with Crippen molar-refractivity contribution in [2.24, 2.45) is 0 Å². The quantitative estimate of drug-likeness (QED) is 0.594. The van der Waals surface area contributed by atoms with Crippen LogP contribution < -0.4 is 0 Å². The minimum absolute atomic E-state index is 0.327. The van der Waals surface area contributed by atoms with E-state index in [4.69, 9.17) is 9.47 Å². The first-order chi connectivity index (χ1) is 12.8. The molecule has 140 valence electrons. The zero-order chi connectivity index (χ0) is 19.6. The maximum atomic E-state index is 12.9. The summed E-state index contributed by atoms with van der Waals surface area (Å²) in [5.41, 5.74) is 2.16. The van der Waals surface area contributed by atoms with Crippen molar-refractivity contribution in [1.29, 1.82) is 0 Å². The number of rotatable bonds is 3. The fourth-order valence-electron chi connectivity index (χ4n) is 2.86. The van der Waals surface area contributed by atoms with Crippen molar-refractivity contribution in [3.63, 3.8) is 0 Å². The van der Waals surface area contributed by atoms with Gasteiger partial charge in [-0.2, -0.15) is 0 Å². The highest BCUT2D eigenvalue weighted by atomic mass is 16.6. The van der Waals surface area contributed by atoms with Gasteiger partial charge in [-0.1, -0.05) is 30.3 Å². The first-order valence-electron chi connectivity index (χ1n) is 8.91. The van der Waals surface area contributed by atoms with Crippen LogP contribution in [-0.4, -0.2) is 28.8 Å². The predicted octanol–water partition coefficient (Wildman–Crippen LogP) is 5.27. The van der Waals surface area contributed by atoms with Crippen LogP contribution in [0.1, 0.15) is 38.1 Å². The van der Waals surface area contributed by atoms with E-state index in [1.165, 1.54) is 0 Å². The number of hydrogen-bond donors (Lipinski definition) is 0. The van der Waals surface area contributed by atoms with Crippen molar-refractivity contribution >= 4 is 23.0 Å². The molecule has 0 aliphatic heterocycles. The molecule has 0 aliphatic carbocycles. The summed E-state index contributed by atoms with van der Waals surface area (Å²) in [7, 11) is 0. The van der Waals surface area contributed by atoms with Gasteiger partial charge in [-0.05, 0) is 57.5 Å². The first kappa shape index (κ1) is 18.7. The Hall–Kier alpha value is -3.08. The lowest BCUT2D eigenvalue weighted by Gasteiger charge is -2.21. The summed E-state index contributed by atoms with van der Waals surface area (Å²) in [6, 6.07) is 16.6. The van der Waals surface area contributed by atoms with Gasteiger partial charge in [0.05, 0.1) is 23.4 Å². The molecule has 0 saturated carbocycles. The number of ether oxygens (including phenoxy) is 2. The number of hydrogen-bond acceptors (Lipinski definition) is 4. The zero-order valence-electron chi connectivity index (χ0n) is 16.0. The molecule has 0 amide bonds. The minimum atomic E-state index is -0.604. The average molecular weight is 365 g/mol. The van der Waals surface area contributed by atoms with E-state index in [1.54, 1.807) is 35.8 Å². The molecule has 2 aromatic carbocycles. The maximum Gasteiger partial charge on any atom is 0.419 e. The Morgan fingerprint density at radius 1 is 1.00 bits per heavy atom. The molecule has 0 spiro atoms. The molecule has 27 heavy (non-hydrogen) atoms. The molecule has 0 radical (unpaired) electrons. The number of aromatic nitrogens is 1. The zero-order valence-corrected chi connectivity index (χ0v) is 16.0. The van der Waals surface area contributed by atoms with Crippen molar-refractivity contribution in [1.82, 2.24) is 4.57 Å². The molecule has 0 bridgehead atoms. The summed E-state index contributed by atoms with van der Waals surface area (Å²) in [6.45, 7) is 7.61. The molecule has 0 N–H and O–H groups in total. The number of nitrogens with zero attached hydrogens (tertiary/aromatic N) is 1. The van der Waals surface area contributed by atoms with Crippen LogP contribution in [0.5, 0.6) is 0 Å². The summed E-state index contributed by atoms with van der Waals surface area (Å²) in [5, 5.41) is 0.938. The predicted molar refractivity (Wildman–Crippen MR) is 105 cm³/mol. The minimum Gasteiger partial charge on any atom is -0.462 e. The number of para-hydroxylation sites is 1. The van der Waals surface area contributed by atoms with Gasteiger partial charge in [-0.3, -0.25) is 0 Å². The van der Waals surface area contributed by atoms with E-state index in [2.05, 4.69) is 0 Å². The molecule has 5 heteroatoms. The molecule has 0 fully saturated rings. The standard InChI is InChI=1S/C22H23NO4/c1-5-26-20(24)16-12-10-15(11-13-16)19-14-17-8-6-7-9-18(17)23(19)21(25)27-22(2,3)4/h6-14H,5H2,1-4H3. The fourth-order valence-corrected chi connectivity index (χ4v) is 2.86. The van der Waals surface area contributed by atoms with E-state index < -0.39 is 11.7 Å². The van der Waals surface area contributed by atoms with Crippen molar-refractivity contribution in [2.75, 3.05) is 6.61 Å². The molecule has 0 unspecified atom stereocenters. The molecule has 3 rings (SSSR count). The monoisotopic (exact) mass is 365 g/mol. The molecular weight excluding hydrogens is 342 g/mol. The third-order valence-electron chi connectivity index (χ3n) is 3.98. The van der Waals surface area contributed by atoms with Crippen LogP contribution in [0, 0.1) is 0 Å². The molecular formula is C22H23NO4. The lowest BCUT2D eigenvalue weighted by molar-refractivity contribution is 0.0521. The van der Waals surface area contributed by atoms with Crippen LogP contribution in [0.15, 0.2) is 54.6 Å². The van der Waals surface area contributed by atoms with Gasteiger partial charge in [0.25, 0.3) is 0 Å². The normalized spacial score (nSPS) is 11.4. The third-order valence-corrected chi connectivity index (χ3v) is 3.98. The van der Waals surface area contributed by atoms with E-state index >= 15 is 0 Å². The molecule has 3 aromatic rings. The maximum absolute atomic E-state index is 12.9. The van der Waals surface area contributed by atoms with Crippen LogP contribution in [0.2, 0.25) is 0 Å². The Labute approximate surface area is 158 Å². The largest absolute Gasteiger partial charge is 0.462 e. The van der Waals surface area contributed by atoms with Gasteiger partial charge in [0.2, 0.25) is 0 Å². The number of carbonyl (C=O) groups excluding carboxylic acids is 2. The highest BCUT2D eigenvalue weighted by Crippen LogP contribution is 2.29. The Morgan fingerprint density at radius 2 is 1.67 bits per heavy atom. The van der Waals surface area contributed by atoms with E-state index in [1.807, 2.05) is 51.1 Å². The SMILES string of the molecule is CCOC(=O)c1ccc(-c2cc3ccccc3n2C(=O)OC(C)(C)C)cc1. The van der Waals surface area contributed by atoms with Crippen molar-refractivity contribution in [3.8, 4) is 11.3 Å². The van der Waals surface area contributed by atoms with Crippen LogP contribution >= 0.6 is 0 Å². The van der Waals surface area contributed by atoms with Gasteiger partial charge >= 0.3 is 12.1 Å². The molecule has 0 atom stereocenters. The lowest BCUT2D eigenvalue weighted by Crippen LogP contribution is -2.27. The van der Waals surface area contributed by atoms with Gasteiger partial charge < -0.3 is 9.47 Å². The summed E-state index contributed by atoms with van der Waals surface area (Å²) in [5.74, 6) is -0.364. The van der Waals surface area contributed by atoms with Crippen LogP contribution in [0.4, 0.5) is 4.79 Å². The highest BCUT2D eigenvalue weighted by molar-refractivity contribution is 5.96. The van der Waals surface area contributed by atoms with Crippen LogP contribution in [0.25, 0.3) is 22.2 Å². The second-order valence-electron chi connectivity index (χ2n) is 7.20. The number of benzene rings is 2. The molecule has 1 aromatic heterocycles. The summed E-state index contributed by atoms with van der Waals surface area (Å²) >= 11 is 0. The highest BCUT2D eigenvalue weighted by Gasteiger charge is 2.22. The second-order valence-corrected chi connectivity index (χ2v) is 7.20. The number of carbonyl (C=O) groups is 2.